The van der Waals surface area contributed by atoms with Crippen LogP contribution in [0.3, 0.4) is 0 Å². The summed E-state index contributed by atoms with van der Waals surface area (Å²) in [5.41, 5.74) is 3.74. The summed E-state index contributed by atoms with van der Waals surface area (Å²) in [5.74, 6) is 0.949. The number of hydrogen-bond acceptors (Lipinski definition) is 3. The summed E-state index contributed by atoms with van der Waals surface area (Å²) < 4.78 is 3.50. The maximum atomic E-state index is 4.51. The van der Waals surface area contributed by atoms with Crippen molar-refractivity contribution in [3.05, 3.63) is 35.7 Å². The van der Waals surface area contributed by atoms with Crippen molar-refractivity contribution in [1.29, 1.82) is 0 Å². The fourth-order valence-electron chi connectivity index (χ4n) is 2.10. The Hall–Kier alpha value is -1.00. The van der Waals surface area contributed by atoms with Crippen LogP contribution in [0.1, 0.15) is 17.7 Å². The Morgan fingerprint density at radius 2 is 2.29 bits per heavy atom. The predicted octanol–water partition coefficient (Wildman–Crippen LogP) is 3.72. The first-order valence-corrected chi connectivity index (χ1v) is 7.21. The minimum atomic E-state index is 0.949. The highest BCUT2D eigenvalue weighted by molar-refractivity contribution is 7.80. The van der Waals surface area contributed by atoms with Crippen LogP contribution in [0.2, 0.25) is 0 Å². The lowest BCUT2D eigenvalue weighted by Gasteiger charge is -1.99. The topological polar surface area (TPSA) is 17.3 Å². The quantitative estimate of drug-likeness (QED) is 0.712. The van der Waals surface area contributed by atoms with Crippen molar-refractivity contribution in [2.45, 2.75) is 19.8 Å². The van der Waals surface area contributed by atoms with Crippen LogP contribution in [-0.2, 0) is 6.42 Å². The lowest BCUT2D eigenvalue weighted by atomic mass is 10.1. The van der Waals surface area contributed by atoms with Crippen LogP contribution in [0.15, 0.2) is 24.4 Å². The molecule has 3 rings (SSSR count). The second-order valence-electron chi connectivity index (χ2n) is 4.27. The number of imidazole rings is 1. The molecule has 17 heavy (non-hydrogen) atoms. The summed E-state index contributed by atoms with van der Waals surface area (Å²) in [6.07, 6.45) is 4.34. The number of fused-ring (bicyclic) bond motifs is 3. The number of hydrogen-bond donors (Lipinski definition) is 1. The average Bonchev–Trinajstić information content (AvgIpc) is 2.81. The Bertz CT molecular complexity index is 666. The molecule has 0 amide bonds. The third kappa shape index (κ3) is 1.96. The van der Waals surface area contributed by atoms with E-state index in [-0.39, 0.29) is 0 Å². The van der Waals surface area contributed by atoms with Crippen LogP contribution in [0, 0.1) is 6.92 Å². The first kappa shape index (κ1) is 11.1. The fraction of sp³-hybridized carbons (Fsp3) is 0.308. The molecular weight excluding hydrogens is 248 g/mol. The highest BCUT2D eigenvalue weighted by Gasteiger charge is 2.07. The number of thiazole rings is 1. The molecule has 0 N–H and O–H groups in total. The van der Waals surface area contributed by atoms with Gasteiger partial charge in [-0.1, -0.05) is 17.4 Å². The van der Waals surface area contributed by atoms with Crippen molar-refractivity contribution < 1.29 is 0 Å². The van der Waals surface area contributed by atoms with E-state index in [0.29, 0.717) is 0 Å². The number of thiol groups is 1. The second kappa shape index (κ2) is 4.35. The van der Waals surface area contributed by atoms with E-state index >= 15 is 0 Å². The van der Waals surface area contributed by atoms with Gasteiger partial charge in [0.1, 0.15) is 0 Å². The fourth-order valence-corrected chi connectivity index (χ4v) is 3.37. The number of nitrogens with zero attached hydrogens (tertiary/aromatic N) is 2. The summed E-state index contributed by atoms with van der Waals surface area (Å²) in [6.45, 7) is 2.03. The van der Waals surface area contributed by atoms with Crippen LogP contribution in [-0.4, -0.2) is 15.1 Å². The molecule has 0 spiro atoms. The van der Waals surface area contributed by atoms with Crippen LogP contribution < -0.4 is 0 Å². The number of aromatic nitrogens is 2. The molecule has 3 aromatic rings. The van der Waals surface area contributed by atoms with E-state index < -0.39 is 0 Å². The minimum absolute atomic E-state index is 0.949. The third-order valence-corrected chi connectivity index (χ3v) is 4.24. The van der Waals surface area contributed by atoms with Crippen molar-refractivity contribution in [3.8, 4) is 0 Å². The molecule has 0 atom stereocenters. The summed E-state index contributed by atoms with van der Waals surface area (Å²) in [6, 6.07) is 6.70. The molecule has 0 aliphatic carbocycles. The Balaban J connectivity index is 2.10. The molecule has 0 unspecified atom stereocenters. The molecule has 1 aromatic carbocycles. The molecule has 0 saturated carbocycles. The molecule has 2 heterocycles. The Morgan fingerprint density at radius 1 is 1.41 bits per heavy atom. The van der Waals surface area contributed by atoms with Gasteiger partial charge < -0.3 is 0 Å². The minimum Gasteiger partial charge on any atom is -0.290 e. The van der Waals surface area contributed by atoms with Crippen LogP contribution in [0.4, 0.5) is 0 Å². The van der Waals surface area contributed by atoms with E-state index in [4.69, 9.17) is 0 Å². The summed E-state index contributed by atoms with van der Waals surface area (Å²) in [4.78, 5) is 5.60. The van der Waals surface area contributed by atoms with E-state index in [2.05, 4.69) is 46.4 Å². The molecule has 0 aliphatic rings. The molecule has 0 bridgehead atoms. The zero-order valence-electron chi connectivity index (χ0n) is 9.68. The van der Waals surface area contributed by atoms with E-state index in [9.17, 15) is 0 Å². The molecule has 2 aromatic heterocycles. The molecule has 0 radical (unpaired) electrons. The first-order chi connectivity index (χ1) is 8.28. The number of aryl methyl sites for hydroxylation is 2. The molecule has 2 nitrogen and oxygen atoms in total. The van der Waals surface area contributed by atoms with Crippen molar-refractivity contribution in [3.63, 3.8) is 0 Å². The maximum absolute atomic E-state index is 4.51. The zero-order valence-corrected chi connectivity index (χ0v) is 11.4. The van der Waals surface area contributed by atoms with Gasteiger partial charge in [0.25, 0.3) is 0 Å². The third-order valence-electron chi connectivity index (χ3n) is 2.90. The van der Waals surface area contributed by atoms with Gasteiger partial charge in [-0.2, -0.15) is 12.6 Å². The molecular formula is C13H14N2S2. The van der Waals surface area contributed by atoms with Gasteiger partial charge >= 0.3 is 0 Å². The smallest absolute Gasteiger partial charge is 0.194 e. The molecule has 88 valence electrons. The lowest BCUT2D eigenvalue weighted by Crippen LogP contribution is -1.86. The van der Waals surface area contributed by atoms with E-state index in [1.165, 1.54) is 15.8 Å². The lowest BCUT2D eigenvalue weighted by molar-refractivity contribution is 0.938. The van der Waals surface area contributed by atoms with Crippen LogP contribution in [0.5, 0.6) is 0 Å². The van der Waals surface area contributed by atoms with Crippen molar-refractivity contribution in [2.24, 2.45) is 0 Å². The largest absolute Gasteiger partial charge is 0.290 e. The molecule has 0 saturated heterocycles. The van der Waals surface area contributed by atoms with Crippen molar-refractivity contribution in [2.75, 3.05) is 5.75 Å². The van der Waals surface area contributed by atoms with Gasteiger partial charge in [0.05, 0.1) is 15.9 Å². The van der Waals surface area contributed by atoms with Crippen LogP contribution in [0.25, 0.3) is 15.2 Å². The first-order valence-electron chi connectivity index (χ1n) is 5.76. The van der Waals surface area contributed by atoms with Gasteiger partial charge in [0, 0.05) is 6.20 Å². The van der Waals surface area contributed by atoms with Gasteiger partial charge in [-0.3, -0.25) is 4.40 Å². The molecule has 0 fully saturated rings. The second-order valence-corrected chi connectivity index (χ2v) is 5.72. The van der Waals surface area contributed by atoms with E-state index in [0.717, 1.165) is 29.2 Å². The van der Waals surface area contributed by atoms with Gasteiger partial charge in [-0.05, 0) is 43.2 Å². The summed E-state index contributed by atoms with van der Waals surface area (Å²) in [5, 5.41) is 0. The number of rotatable bonds is 3. The molecule has 0 aliphatic heterocycles. The van der Waals surface area contributed by atoms with E-state index in [1.807, 2.05) is 6.92 Å². The zero-order chi connectivity index (χ0) is 11.8. The van der Waals surface area contributed by atoms with Gasteiger partial charge in [-0.25, -0.2) is 4.98 Å². The highest BCUT2D eigenvalue weighted by Crippen LogP contribution is 2.27. The Morgan fingerprint density at radius 3 is 3.12 bits per heavy atom. The van der Waals surface area contributed by atoms with Gasteiger partial charge in [0.2, 0.25) is 0 Å². The standard InChI is InChI=1S/C13H14N2S2/c1-9-8-15-11-5-4-10(3-2-6-16)7-12(11)17-13(15)14-9/h4-5,7-8,16H,2-3,6H2,1H3. The highest BCUT2D eigenvalue weighted by atomic mass is 32.1. The number of benzene rings is 1. The van der Waals surface area contributed by atoms with Crippen molar-refractivity contribution in [1.82, 2.24) is 9.38 Å². The maximum Gasteiger partial charge on any atom is 0.194 e. The van der Waals surface area contributed by atoms with Gasteiger partial charge in [0.15, 0.2) is 4.96 Å². The van der Waals surface area contributed by atoms with Crippen LogP contribution >= 0.6 is 24.0 Å². The normalized spacial score (nSPS) is 11.6. The SMILES string of the molecule is Cc1cn2c(n1)sc1cc(CCCS)ccc12. The summed E-state index contributed by atoms with van der Waals surface area (Å²) in [7, 11) is 0. The van der Waals surface area contributed by atoms with Gasteiger partial charge in [-0.15, -0.1) is 0 Å². The monoisotopic (exact) mass is 262 g/mol. The summed E-state index contributed by atoms with van der Waals surface area (Å²) >= 11 is 6.02. The molecule has 4 heteroatoms. The predicted molar refractivity (Wildman–Crippen MR) is 77.5 cm³/mol. The average molecular weight is 262 g/mol. The van der Waals surface area contributed by atoms with Crippen molar-refractivity contribution >= 4 is 39.1 Å². The Labute approximate surface area is 110 Å². The Kier molecular flexibility index (Phi) is 2.84. The van der Waals surface area contributed by atoms with E-state index in [1.54, 1.807) is 11.3 Å².